The molecule has 0 radical (unpaired) electrons. The number of allylic oxidation sites excluding steroid dienone is 2. The van der Waals surface area contributed by atoms with Crippen LogP contribution >= 0.6 is 11.8 Å². The van der Waals surface area contributed by atoms with Gasteiger partial charge in [0.05, 0.1) is 24.5 Å². The SMILES string of the molecule is CC(C)C(N)C(=O)OCCOCCN1CCN(C2=NC3C=CC=CC3Sc3ccccc32)CC1. The number of carbonyl (C=O) groups excluding carboxylic acids is 1. The second kappa shape index (κ2) is 12.0. The topological polar surface area (TPSA) is 80.4 Å². The average Bonchev–Trinajstić information content (AvgIpc) is 3.02. The summed E-state index contributed by atoms with van der Waals surface area (Å²) >= 11 is 1.91. The normalized spacial score (nSPS) is 23.2. The summed E-state index contributed by atoms with van der Waals surface area (Å²) in [6.45, 7) is 9.77. The van der Waals surface area contributed by atoms with Gasteiger partial charge in [0.1, 0.15) is 18.5 Å². The van der Waals surface area contributed by atoms with E-state index in [1.807, 2.05) is 25.6 Å². The molecular formula is C26H36N4O3S. The van der Waals surface area contributed by atoms with Crippen LogP contribution in [0.1, 0.15) is 19.4 Å². The number of hydrogen-bond acceptors (Lipinski definition) is 8. The maximum absolute atomic E-state index is 11.8. The molecule has 7 nitrogen and oxygen atoms in total. The van der Waals surface area contributed by atoms with E-state index in [0.29, 0.717) is 18.5 Å². The molecule has 1 aliphatic carbocycles. The van der Waals surface area contributed by atoms with Crippen molar-refractivity contribution >= 4 is 23.6 Å². The van der Waals surface area contributed by atoms with Crippen LogP contribution in [-0.2, 0) is 14.3 Å². The van der Waals surface area contributed by atoms with Crippen molar-refractivity contribution in [2.24, 2.45) is 16.6 Å². The van der Waals surface area contributed by atoms with Crippen molar-refractivity contribution in [2.45, 2.75) is 36.1 Å². The number of thioether (sulfide) groups is 1. The minimum atomic E-state index is -0.573. The van der Waals surface area contributed by atoms with Gasteiger partial charge in [-0.1, -0.05) is 56.4 Å². The molecule has 0 amide bonds. The summed E-state index contributed by atoms with van der Waals surface area (Å²) < 4.78 is 10.9. The third kappa shape index (κ3) is 6.30. The van der Waals surface area contributed by atoms with Crippen LogP contribution in [0.2, 0.25) is 0 Å². The monoisotopic (exact) mass is 484 g/mol. The third-order valence-electron chi connectivity index (χ3n) is 6.41. The first-order valence-corrected chi connectivity index (χ1v) is 13.1. The summed E-state index contributed by atoms with van der Waals surface area (Å²) in [5.74, 6) is 0.829. The molecule has 3 unspecified atom stereocenters. The molecule has 4 rings (SSSR count). The molecule has 0 bridgehead atoms. The van der Waals surface area contributed by atoms with Crippen molar-refractivity contribution in [1.29, 1.82) is 0 Å². The zero-order valence-electron chi connectivity index (χ0n) is 20.1. The van der Waals surface area contributed by atoms with Gasteiger partial charge in [-0.25, -0.2) is 0 Å². The molecule has 3 atom stereocenters. The fraction of sp³-hybridized carbons (Fsp3) is 0.538. The van der Waals surface area contributed by atoms with Gasteiger partial charge in [0, 0.05) is 43.2 Å². The predicted molar refractivity (Wildman–Crippen MR) is 137 cm³/mol. The maximum atomic E-state index is 11.8. The van der Waals surface area contributed by atoms with Gasteiger partial charge in [0.25, 0.3) is 0 Å². The highest BCUT2D eigenvalue weighted by atomic mass is 32.2. The van der Waals surface area contributed by atoms with Gasteiger partial charge >= 0.3 is 5.97 Å². The van der Waals surface area contributed by atoms with Crippen molar-refractivity contribution in [3.8, 4) is 0 Å². The molecule has 1 fully saturated rings. The smallest absolute Gasteiger partial charge is 0.323 e. The number of hydrogen-bond donors (Lipinski definition) is 1. The summed E-state index contributed by atoms with van der Waals surface area (Å²) in [5.41, 5.74) is 7.03. The van der Waals surface area contributed by atoms with Crippen molar-refractivity contribution in [3.63, 3.8) is 0 Å². The van der Waals surface area contributed by atoms with E-state index in [4.69, 9.17) is 20.2 Å². The summed E-state index contributed by atoms with van der Waals surface area (Å²) in [6, 6.07) is 8.24. The van der Waals surface area contributed by atoms with E-state index in [-0.39, 0.29) is 24.5 Å². The average molecular weight is 485 g/mol. The Labute approximate surface area is 207 Å². The molecule has 2 aliphatic heterocycles. The van der Waals surface area contributed by atoms with Crippen LogP contribution in [0.15, 0.2) is 58.5 Å². The lowest BCUT2D eigenvalue weighted by Gasteiger charge is -2.37. The van der Waals surface area contributed by atoms with Gasteiger partial charge in [0.15, 0.2) is 0 Å². The number of carbonyl (C=O) groups is 1. The number of aliphatic imine (C=N–C) groups is 1. The zero-order valence-corrected chi connectivity index (χ0v) is 21.0. The molecule has 1 aromatic carbocycles. The summed E-state index contributed by atoms with van der Waals surface area (Å²) in [5, 5.41) is 0.350. The number of ether oxygens (including phenoxy) is 2. The molecule has 0 aromatic heterocycles. The lowest BCUT2D eigenvalue weighted by Crippen LogP contribution is -2.50. The van der Waals surface area contributed by atoms with E-state index >= 15 is 0 Å². The highest BCUT2D eigenvalue weighted by molar-refractivity contribution is 8.00. The Kier molecular flexibility index (Phi) is 8.83. The van der Waals surface area contributed by atoms with Crippen LogP contribution in [0.5, 0.6) is 0 Å². The molecule has 1 saturated heterocycles. The molecule has 1 aromatic rings. The van der Waals surface area contributed by atoms with E-state index in [1.165, 1.54) is 10.5 Å². The second-order valence-electron chi connectivity index (χ2n) is 9.17. The Morgan fingerprint density at radius 3 is 2.68 bits per heavy atom. The summed E-state index contributed by atoms with van der Waals surface area (Å²) in [4.78, 5) is 23.1. The Morgan fingerprint density at radius 1 is 1.12 bits per heavy atom. The molecule has 34 heavy (non-hydrogen) atoms. The predicted octanol–water partition coefficient (Wildman–Crippen LogP) is 2.56. The quantitative estimate of drug-likeness (QED) is 0.449. The Morgan fingerprint density at radius 2 is 1.88 bits per heavy atom. The molecule has 2 N–H and O–H groups in total. The molecule has 0 saturated carbocycles. The highest BCUT2D eigenvalue weighted by Crippen LogP contribution is 2.36. The molecule has 8 heteroatoms. The van der Waals surface area contributed by atoms with E-state index in [9.17, 15) is 4.79 Å². The first-order valence-electron chi connectivity index (χ1n) is 12.2. The van der Waals surface area contributed by atoms with Crippen molar-refractivity contribution in [1.82, 2.24) is 9.80 Å². The molecule has 0 spiro atoms. The van der Waals surface area contributed by atoms with E-state index in [1.54, 1.807) is 0 Å². The van der Waals surface area contributed by atoms with E-state index < -0.39 is 6.04 Å². The van der Waals surface area contributed by atoms with Crippen LogP contribution < -0.4 is 5.73 Å². The fourth-order valence-electron chi connectivity index (χ4n) is 4.21. The van der Waals surface area contributed by atoms with Crippen LogP contribution in [0.4, 0.5) is 0 Å². The molecule has 3 aliphatic rings. The largest absolute Gasteiger partial charge is 0.462 e. The molecule has 184 valence electrons. The molecular weight excluding hydrogens is 448 g/mol. The van der Waals surface area contributed by atoms with Crippen molar-refractivity contribution in [2.75, 3.05) is 52.5 Å². The Bertz CT molecular complexity index is 924. The Hall–Kier alpha value is -2.13. The van der Waals surface area contributed by atoms with Crippen LogP contribution in [0.25, 0.3) is 0 Å². The number of amidine groups is 1. The minimum Gasteiger partial charge on any atom is -0.462 e. The third-order valence-corrected chi connectivity index (χ3v) is 7.72. The van der Waals surface area contributed by atoms with Gasteiger partial charge < -0.3 is 20.1 Å². The van der Waals surface area contributed by atoms with E-state index in [2.05, 4.69) is 58.4 Å². The van der Waals surface area contributed by atoms with Gasteiger partial charge in [-0.2, -0.15) is 0 Å². The molecule has 2 heterocycles. The van der Waals surface area contributed by atoms with Gasteiger partial charge in [0.2, 0.25) is 0 Å². The van der Waals surface area contributed by atoms with E-state index in [0.717, 1.165) is 38.6 Å². The van der Waals surface area contributed by atoms with Crippen LogP contribution in [0.3, 0.4) is 0 Å². The highest BCUT2D eigenvalue weighted by Gasteiger charge is 2.29. The van der Waals surface area contributed by atoms with Crippen molar-refractivity contribution < 1.29 is 14.3 Å². The lowest BCUT2D eigenvalue weighted by molar-refractivity contribution is -0.147. The first kappa shape index (κ1) is 25.0. The maximum Gasteiger partial charge on any atom is 0.323 e. The minimum absolute atomic E-state index is 0.0701. The number of esters is 1. The summed E-state index contributed by atoms with van der Waals surface area (Å²) in [6.07, 6.45) is 8.71. The van der Waals surface area contributed by atoms with Crippen LogP contribution in [-0.4, -0.2) is 91.5 Å². The standard InChI is InChI=1S/C26H36N4O3S/c1-19(2)24(27)26(31)33-18-17-32-16-15-29-11-13-30(14-12-29)25-20-7-3-5-9-22(20)34-23-10-6-4-8-21(23)28-25/h3-10,19,21,23-24H,11-18,27H2,1-2H3. The second-order valence-corrected chi connectivity index (χ2v) is 10.4. The van der Waals surface area contributed by atoms with Gasteiger partial charge in [-0.15, -0.1) is 11.8 Å². The Balaban J connectivity index is 1.23. The first-order chi connectivity index (χ1) is 16.5. The van der Waals surface area contributed by atoms with Gasteiger partial charge in [-0.3, -0.25) is 14.7 Å². The lowest BCUT2D eigenvalue weighted by atomic mass is 10.1. The number of fused-ring (bicyclic) bond motifs is 2. The number of benzene rings is 1. The van der Waals surface area contributed by atoms with Gasteiger partial charge in [-0.05, 0) is 12.0 Å². The number of nitrogens with two attached hydrogens (primary N) is 1. The van der Waals surface area contributed by atoms with Crippen molar-refractivity contribution in [3.05, 3.63) is 54.1 Å². The zero-order chi connectivity index (χ0) is 23.9. The number of nitrogens with zero attached hydrogens (tertiary/aromatic N) is 3. The summed E-state index contributed by atoms with van der Waals surface area (Å²) in [7, 11) is 0. The van der Waals surface area contributed by atoms with Crippen LogP contribution in [0, 0.1) is 5.92 Å². The number of rotatable bonds is 8. The fourth-order valence-corrected chi connectivity index (χ4v) is 5.41. The number of piperazine rings is 1.